The van der Waals surface area contributed by atoms with Gasteiger partial charge >= 0.3 is 0 Å². The summed E-state index contributed by atoms with van der Waals surface area (Å²) in [5.74, 6) is 0.787. The molecule has 0 spiro atoms. The Morgan fingerprint density at radius 3 is 2.50 bits per heavy atom. The van der Waals surface area contributed by atoms with Crippen LogP contribution in [0.5, 0.6) is 5.75 Å². The molecular weight excluding hydrogens is 376 g/mol. The maximum atomic E-state index is 10.5. The molecule has 0 radical (unpaired) electrons. The summed E-state index contributed by atoms with van der Waals surface area (Å²) in [7, 11) is 2.08. The lowest BCUT2D eigenvalue weighted by Gasteiger charge is -2.43. The molecule has 156 valence electrons. The SMILES string of the molecule is CN(c1ncc(-c2ccc(-n3ccnc3)cc2O)nn1)C1C[C@]2(C)CC[C@](C)(C1)C2. The number of benzene rings is 1. The van der Waals surface area contributed by atoms with E-state index in [0.29, 0.717) is 34.1 Å². The molecule has 0 amide bonds. The minimum atomic E-state index is 0.142. The molecule has 3 atom stereocenters. The molecule has 1 unspecified atom stereocenters. The van der Waals surface area contributed by atoms with E-state index in [0.717, 1.165) is 5.69 Å². The van der Waals surface area contributed by atoms with E-state index >= 15 is 0 Å². The third kappa shape index (κ3) is 3.32. The molecule has 0 aliphatic heterocycles. The van der Waals surface area contributed by atoms with Crippen molar-refractivity contribution >= 4 is 5.95 Å². The molecule has 7 heteroatoms. The summed E-state index contributed by atoms with van der Waals surface area (Å²) in [5.41, 5.74) is 2.87. The minimum Gasteiger partial charge on any atom is -0.507 e. The molecule has 1 N–H and O–H groups in total. The summed E-state index contributed by atoms with van der Waals surface area (Å²) in [6.07, 6.45) is 13.3. The van der Waals surface area contributed by atoms with Gasteiger partial charge in [0.05, 0.1) is 18.2 Å². The van der Waals surface area contributed by atoms with Gasteiger partial charge in [-0.15, -0.1) is 10.2 Å². The molecule has 2 aromatic heterocycles. The Kier molecular flexibility index (Phi) is 4.31. The molecule has 2 aliphatic carbocycles. The van der Waals surface area contributed by atoms with E-state index in [2.05, 4.69) is 46.0 Å². The summed E-state index contributed by atoms with van der Waals surface area (Å²) >= 11 is 0. The number of nitrogens with zero attached hydrogens (tertiary/aromatic N) is 6. The summed E-state index contributed by atoms with van der Waals surface area (Å²) in [6.45, 7) is 4.85. The Morgan fingerprint density at radius 1 is 1.13 bits per heavy atom. The van der Waals surface area contributed by atoms with Crippen LogP contribution >= 0.6 is 0 Å². The fraction of sp³-hybridized carbons (Fsp3) is 0.478. The Labute approximate surface area is 176 Å². The number of phenolic OH excluding ortho intramolecular Hbond substituents is 1. The molecule has 2 saturated carbocycles. The highest BCUT2D eigenvalue weighted by Crippen LogP contribution is 2.58. The van der Waals surface area contributed by atoms with Gasteiger partial charge in [-0.1, -0.05) is 13.8 Å². The molecule has 2 heterocycles. The molecule has 7 nitrogen and oxygen atoms in total. The number of aromatic nitrogens is 5. The first-order chi connectivity index (χ1) is 14.3. The maximum Gasteiger partial charge on any atom is 0.245 e. The van der Waals surface area contributed by atoms with Gasteiger partial charge in [0.2, 0.25) is 5.95 Å². The summed E-state index contributed by atoms with van der Waals surface area (Å²) in [4.78, 5) is 10.8. The monoisotopic (exact) mass is 404 g/mol. The third-order valence-corrected chi connectivity index (χ3v) is 7.11. The highest BCUT2D eigenvalue weighted by atomic mass is 16.3. The van der Waals surface area contributed by atoms with Crippen molar-refractivity contribution in [3.05, 3.63) is 43.1 Å². The van der Waals surface area contributed by atoms with Crippen LogP contribution in [-0.4, -0.2) is 42.9 Å². The van der Waals surface area contributed by atoms with Crippen LogP contribution in [0.1, 0.15) is 46.0 Å². The molecular formula is C23H28N6O. The van der Waals surface area contributed by atoms with E-state index in [4.69, 9.17) is 0 Å². The van der Waals surface area contributed by atoms with Crippen LogP contribution in [0.4, 0.5) is 5.95 Å². The van der Waals surface area contributed by atoms with Gasteiger partial charge < -0.3 is 14.6 Å². The van der Waals surface area contributed by atoms with Crippen molar-refractivity contribution in [1.82, 2.24) is 24.7 Å². The van der Waals surface area contributed by atoms with Crippen molar-refractivity contribution in [1.29, 1.82) is 0 Å². The van der Waals surface area contributed by atoms with E-state index < -0.39 is 0 Å². The van der Waals surface area contributed by atoms with E-state index in [9.17, 15) is 5.11 Å². The highest BCUT2D eigenvalue weighted by Gasteiger charge is 2.50. The van der Waals surface area contributed by atoms with E-state index in [1.807, 2.05) is 22.9 Å². The van der Waals surface area contributed by atoms with Crippen LogP contribution in [0.15, 0.2) is 43.1 Å². The average Bonchev–Trinajstić information content (AvgIpc) is 3.33. The lowest BCUT2D eigenvalue weighted by Crippen LogP contribution is -2.43. The fourth-order valence-corrected chi connectivity index (χ4v) is 5.67. The van der Waals surface area contributed by atoms with Crippen LogP contribution in [0.2, 0.25) is 0 Å². The topological polar surface area (TPSA) is 80.0 Å². The molecule has 3 aromatic rings. The Balaban J connectivity index is 1.36. The average molecular weight is 405 g/mol. The quantitative estimate of drug-likeness (QED) is 0.701. The zero-order valence-corrected chi connectivity index (χ0v) is 17.8. The predicted molar refractivity (Wildman–Crippen MR) is 116 cm³/mol. The molecule has 30 heavy (non-hydrogen) atoms. The first-order valence-electron chi connectivity index (χ1n) is 10.6. The van der Waals surface area contributed by atoms with Crippen LogP contribution in [0, 0.1) is 10.8 Å². The van der Waals surface area contributed by atoms with Crippen molar-refractivity contribution in [2.24, 2.45) is 10.8 Å². The number of fused-ring (bicyclic) bond motifs is 2. The number of hydrogen-bond acceptors (Lipinski definition) is 6. The van der Waals surface area contributed by atoms with Crippen molar-refractivity contribution in [3.63, 3.8) is 0 Å². The third-order valence-electron chi connectivity index (χ3n) is 7.11. The summed E-state index contributed by atoms with van der Waals surface area (Å²) < 4.78 is 1.84. The van der Waals surface area contributed by atoms with Crippen molar-refractivity contribution in [3.8, 4) is 22.7 Å². The van der Waals surface area contributed by atoms with E-state index in [1.54, 1.807) is 24.8 Å². The number of imidazole rings is 1. The normalized spacial score (nSPS) is 27.9. The van der Waals surface area contributed by atoms with Crippen molar-refractivity contribution in [2.75, 3.05) is 11.9 Å². The summed E-state index contributed by atoms with van der Waals surface area (Å²) in [6, 6.07) is 5.88. The van der Waals surface area contributed by atoms with Crippen molar-refractivity contribution in [2.45, 2.75) is 52.0 Å². The van der Waals surface area contributed by atoms with Crippen LogP contribution < -0.4 is 4.90 Å². The number of anilines is 1. The number of hydrogen-bond donors (Lipinski definition) is 1. The molecule has 2 bridgehead atoms. The maximum absolute atomic E-state index is 10.5. The molecule has 2 aliphatic rings. The molecule has 1 aromatic carbocycles. The zero-order chi connectivity index (χ0) is 20.9. The lowest BCUT2D eigenvalue weighted by molar-refractivity contribution is 0.147. The lowest BCUT2D eigenvalue weighted by atomic mass is 9.68. The van der Waals surface area contributed by atoms with E-state index in [-0.39, 0.29) is 5.75 Å². The van der Waals surface area contributed by atoms with Crippen LogP contribution in [0.3, 0.4) is 0 Å². The van der Waals surface area contributed by atoms with Gasteiger partial charge in [0.1, 0.15) is 11.4 Å². The minimum absolute atomic E-state index is 0.142. The van der Waals surface area contributed by atoms with Gasteiger partial charge in [-0.05, 0) is 55.1 Å². The van der Waals surface area contributed by atoms with Gasteiger partial charge in [0, 0.05) is 37.1 Å². The second-order valence-corrected chi connectivity index (χ2v) is 9.79. The zero-order valence-electron chi connectivity index (χ0n) is 17.8. The Hall–Kier alpha value is -2.96. The standard InChI is InChI=1S/C23H28N6O/c1-22-6-7-23(2,14-22)12-17(11-22)28(3)21-25-13-19(26-27-21)18-5-4-16(10-20(18)30)29-9-8-24-15-29/h4-5,8-10,13,15,17,30H,6-7,11-12,14H2,1-3H3/t17?,22-,23+. The molecule has 5 rings (SSSR count). The smallest absolute Gasteiger partial charge is 0.245 e. The van der Waals surface area contributed by atoms with Crippen LogP contribution in [-0.2, 0) is 0 Å². The van der Waals surface area contributed by atoms with E-state index in [1.165, 1.54) is 32.1 Å². The number of aromatic hydroxyl groups is 1. The van der Waals surface area contributed by atoms with Crippen molar-refractivity contribution < 1.29 is 5.11 Å². The largest absolute Gasteiger partial charge is 0.507 e. The Bertz CT molecular complexity index is 1030. The predicted octanol–water partition coefficient (Wildman–Crippen LogP) is 4.23. The second kappa shape index (κ2) is 6.79. The van der Waals surface area contributed by atoms with Gasteiger partial charge in [0.25, 0.3) is 0 Å². The number of rotatable bonds is 4. The molecule has 0 saturated heterocycles. The Morgan fingerprint density at radius 2 is 1.90 bits per heavy atom. The van der Waals surface area contributed by atoms with Gasteiger partial charge in [0.15, 0.2) is 0 Å². The summed E-state index contributed by atoms with van der Waals surface area (Å²) in [5, 5.41) is 19.3. The first-order valence-corrected chi connectivity index (χ1v) is 10.6. The van der Waals surface area contributed by atoms with Gasteiger partial charge in [-0.25, -0.2) is 9.97 Å². The van der Waals surface area contributed by atoms with Crippen LogP contribution in [0.25, 0.3) is 16.9 Å². The number of phenols is 1. The van der Waals surface area contributed by atoms with Gasteiger partial charge in [-0.2, -0.15) is 0 Å². The second-order valence-electron chi connectivity index (χ2n) is 9.79. The highest BCUT2D eigenvalue weighted by molar-refractivity contribution is 5.68. The molecule has 2 fully saturated rings. The fourth-order valence-electron chi connectivity index (χ4n) is 5.67. The first kappa shape index (κ1) is 19.0. The van der Waals surface area contributed by atoms with Gasteiger partial charge in [-0.3, -0.25) is 0 Å².